The minimum absolute atomic E-state index is 0.128. The summed E-state index contributed by atoms with van der Waals surface area (Å²) in [6.45, 7) is 4.40. The van der Waals surface area contributed by atoms with E-state index in [1.165, 1.54) is 5.69 Å². The number of aromatic nitrogens is 2. The first-order chi connectivity index (χ1) is 10.3. The van der Waals surface area contributed by atoms with E-state index in [0.29, 0.717) is 6.42 Å². The number of rotatable bonds is 4. The van der Waals surface area contributed by atoms with Crippen molar-refractivity contribution in [1.29, 1.82) is 0 Å². The maximum Gasteiger partial charge on any atom is 0.220 e. The highest BCUT2D eigenvalue weighted by Crippen LogP contribution is 2.11. The molecular formula is C15H24N4O2. The lowest BCUT2D eigenvalue weighted by molar-refractivity contribution is -0.122. The number of carbonyl (C=O) groups is 1. The highest BCUT2D eigenvalue weighted by Gasteiger charge is 2.16. The van der Waals surface area contributed by atoms with Gasteiger partial charge in [-0.25, -0.2) is 0 Å². The molecule has 2 aliphatic heterocycles. The van der Waals surface area contributed by atoms with Crippen molar-refractivity contribution in [2.24, 2.45) is 0 Å². The topological polar surface area (TPSA) is 68.2 Å². The minimum Gasteiger partial charge on any atom is -0.381 e. The molecule has 0 radical (unpaired) electrons. The molecular weight excluding hydrogens is 268 g/mol. The molecule has 0 saturated carbocycles. The van der Waals surface area contributed by atoms with Gasteiger partial charge in [-0.3, -0.25) is 9.48 Å². The Morgan fingerprint density at radius 1 is 1.48 bits per heavy atom. The molecule has 0 atom stereocenters. The van der Waals surface area contributed by atoms with Gasteiger partial charge in [-0.05, 0) is 31.9 Å². The van der Waals surface area contributed by atoms with Gasteiger partial charge < -0.3 is 15.4 Å². The summed E-state index contributed by atoms with van der Waals surface area (Å²) < 4.78 is 7.37. The molecule has 0 spiro atoms. The third-order valence-corrected chi connectivity index (χ3v) is 4.14. The predicted molar refractivity (Wildman–Crippen MR) is 78.9 cm³/mol. The fourth-order valence-electron chi connectivity index (χ4n) is 2.93. The van der Waals surface area contributed by atoms with Crippen LogP contribution in [0, 0.1) is 0 Å². The van der Waals surface area contributed by atoms with Crippen LogP contribution in [0.2, 0.25) is 0 Å². The largest absolute Gasteiger partial charge is 0.381 e. The Morgan fingerprint density at radius 3 is 3.19 bits per heavy atom. The first kappa shape index (κ1) is 14.5. The van der Waals surface area contributed by atoms with Gasteiger partial charge in [0.15, 0.2) is 0 Å². The molecule has 2 N–H and O–H groups in total. The number of hydrogen-bond acceptors (Lipinski definition) is 4. The van der Waals surface area contributed by atoms with Gasteiger partial charge in [-0.2, -0.15) is 5.10 Å². The molecule has 1 fully saturated rings. The summed E-state index contributed by atoms with van der Waals surface area (Å²) >= 11 is 0. The number of nitrogens with zero attached hydrogens (tertiary/aromatic N) is 2. The number of fused-ring (bicyclic) bond motifs is 1. The van der Waals surface area contributed by atoms with Crippen LogP contribution in [0.3, 0.4) is 0 Å². The van der Waals surface area contributed by atoms with E-state index in [1.54, 1.807) is 0 Å². The van der Waals surface area contributed by atoms with Crippen LogP contribution >= 0.6 is 0 Å². The smallest absolute Gasteiger partial charge is 0.220 e. The standard InChI is InChI=1S/C15H24N4O2/c20-15(17-12-4-8-21-9-5-12)3-2-13-10-14-11-16-6-1-7-19(14)18-13/h10,12,16H,1-9,11H2,(H,17,20). The maximum atomic E-state index is 12.0. The van der Waals surface area contributed by atoms with Crippen molar-refractivity contribution in [3.63, 3.8) is 0 Å². The quantitative estimate of drug-likeness (QED) is 0.853. The maximum absolute atomic E-state index is 12.0. The van der Waals surface area contributed by atoms with Crippen LogP contribution in [-0.4, -0.2) is 41.5 Å². The zero-order valence-electron chi connectivity index (χ0n) is 12.4. The number of carbonyl (C=O) groups excluding carboxylic acids is 1. The predicted octanol–water partition coefficient (Wildman–Crippen LogP) is 0.604. The number of nitrogens with one attached hydrogen (secondary N) is 2. The Kier molecular flexibility index (Phi) is 4.87. The van der Waals surface area contributed by atoms with Gasteiger partial charge in [0.2, 0.25) is 5.91 Å². The normalized spacial score (nSPS) is 19.8. The second-order valence-electron chi connectivity index (χ2n) is 5.83. The molecule has 0 aliphatic carbocycles. The SMILES string of the molecule is O=C(CCc1cc2n(n1)CCCNC2)NC1CCOCC1. The summed E-state index contributed by atoms with van der Waals surface area (Å²) in [4.78, 5) is 12.0. The van der Waals surface area contributed by atoms with E-state index in [2.05, 4.69) is 26.5 Å². The van der Waals surface area contributed by atoms with Crippen LogP contribution in [0.5, 0.6) is 0 Å². The van der Waals surface area contributed by atoms with Crippen LogP contribution in [0.1, 0.15) is 37.1 Å². The summed E-state index contributed by atoms with van der Waals surface area (Å²) in [6, 6.07) is 2.41. The molecule has 0 unspecified atom stereocenters. The van der Waals surface area contributed by atoms with Gasteiger partial charge in [-0.15, -0.1) is 0 Å². The summed E-state index contributed by atoms with van der Waals surface area (Å²) in [5.74, 6) is 0.128. The molecule has 3 heterocycles. The molecule has 116 valence electrons. The lowest BCUT2D eigenvalue weighted by Crippen LogP contribution is -2.38. The Morgan fingerprint density at radius 2 is 2.33 bits per heavy atom. The van der Waals surface area contributed by atoms with Crippen molar-refractivity contribution in [3.05, 3.63) is 17.5 Å². The summed E-state index contributed by atoms with van der Waals surface area (Å²) in [5, 5.41) is 11.1. The summed E-state index contributed by atoms with van der Waals surface area (Å²) in [5.41, 5.74) is 2.25. The monoisotopic (exact) mass is 292 g/mol. The molecule has 1 amide bonds. The lowest BCUT2D eigenvalue weighted by atomic mass is 10.1. The third kappa shape index (κ3) is 4.04. The fraction of sp³-hybridized carbons (Fsp3) is 0.733. The summed E-state index contributed by atoms with van der Waals surface area (Å²) in [6.07, 6.45) is 4.20. The Hall–Kier alpha value is -1.40. The van der Waals surface area contributed by atoms with E-state index >= 15 is 0 Å². The van der Waals surface area contributed by atoms with Gasteiger partial charge in [0.05, 0.1) is 11.4 Å². The first-order valence-electron chi connectivity index (χ1n) is 7.95. The van der Waals surface area contributed by atoms with E-state index in [0.717, 1.165) is 64.2 Å². The molecule has 6 heteroatoms. The number of ether oxygens (including phenoxy) is 1. The Labute approximate surface area is 125 Å². The van der Waals surface area contributed by atoms with Crippen molar-refractivity contribution >= 4 is 5.91 Å². The highest BCUT2D eigenvalue weighted by atomic mass is 16.5. The zero-order valence-corrected chi connectivity index (χ0v) is 12.4. The number of hydrogen-bond donors (Lipinski definition) is 2. The average Bonchev–Trinajstić information content (AvgIpc) is 2.76. The van der Waals surface area contributed by atoms with Crippen molar-refractivity contribution in [1.82, 2.24) is 20.4 Å². The average molecular weight is 292 g/mol. The molecule has 0 aromatic carbocycles. The zero-order chi connectivity index (χ0) is 14.5. The van der Waals surface area contributed by atoms with Crippen LogP contribution in [0.15, 0.2) is 6.07 Å². The second kappa shape index (κ2) is 7.04. The second-order valence-corrected chi connectivity index (χ2v) is 5.83. The van der Waals surface area contributed by atoms with Crippen LogP contribution in [-0.2, 0) is 29.0 Å². The van der Waals surface area contributed by atoms with E-state index in [1.807, 2.05) is 0 Å². The Bertz CT molecular complexity index is 457. The van der Waals surface area contributed by atoms with Crippen molar-refractivity contribution in [2.75, 3.05) is 19.8 Å². The first-order valence-corrected chi connectivity index (χ1v) is 7.95. The van der Waals surface area contributed by atoms with Crippen LogP contribution in [0.4, 0.5) is 0 Å². The molecule has 6 nitrogen and oxygen atoms in total. The lowest BCUT2D eigenvalue weighted by Gasteiger charge is -2.23. The molecule has 21 heavy (non-hydrogen) atoms. The van der Waals surface area contributed by atoms with Crippen molar-refractivity contribution in [2.45, 2.75) is 51.2 Å². The number of amides is 1. The highest BCUT2D eigenvalue weighted by molar-refractivity contribution is 5.76. The minimum atomic E-state index is 0.128. The van der Waals surface area contributed by atoms with Crippen molar-refractivity contribution in [3.8, 4) is 0 Å². The molecule has 3 rings (SSSR count). The molecule has 0 bridgehead atoms. The van der Waals surface area contributed by atoms with Gasteiger partial charge in [0.1, 0.15) is 0 Å². The van der Waals surface area contributed by atoms with Gasteiger partial charge >= 0.3 is 0 Å². The third-order valence-electron chi connectivity index (χ3n) is 4.14. The molecule has 1 aromatic rings. The van der Waals surface area contributed by atoms with Crippen molar-refractivity contribution < 1.29 is 9.53 Å². The van der Waals surface area contributed by atoms with Gasteiger partial charge in [0, 0.05) is 45.2 Å². The van der Waals surface area contributed by atoms with Gasteiger partial charge in [-0.1, -0.05) is 0 Å². The van der Waals surface area contributed by atoms with E-state index in [-0.39, 0.29) is 11.9 Å². The van der Waals surface area contributed by atoms with Gasteiger partial charge in [0.25, 0.3) is 0 Å². The number of aryl methyl sites for hydroxylation is 2. The van der Waals surface area contributed by atoms with E-state index in [4.69, 9.17) is 4.74 Å². The van der Waals surface area contributed by atoms with Crippen LogP contribution < -0.4 is 10.6 Å². The molecule has 1 saturated heterocycles. The van der Waals surface area contributed by atoms with Crippen LogP contribution in [0.25, 0.3) is 0 Å². The molecule has 1 aromatic heterocycles. The summed E-state index contributed by atoms with van der Waals surface area (Å²) in [7, 11) is 0. The van der Waals surface area contributed by atoms with E-state index < -0.39 is 0 Å². The Balaban J connectivity index is 1.47. The van der Waals surface area contributed by atoms with E-state index in [9.17, 15) is 4.79 Å². The fourth-order valence-corrected chi connectivity index (χ4v) is 2.93. The molecule has 2 aliphatic rings.